The summed E-state index contributed by atoms with van der Waals surface area (Å²) >= 11 is 0. The van der Waals surface area contributed by atoms with Crippen LogP contribution in [0.4, 0.5) is 26.3 Å². The van der Waals surface area contributed by atoms with Crippen molar-refractivity contribution < 1.29 is 45.8 Å². The first-order valence-corrected chi connectivity index (χ1v) is 8.72. The van der Waals surface area contributed by atoms with Gasteiger partial charge in [0.05, 0.1) is 24.0 Å². The van der Waals surface area contributed by atoms with E-state index in [-0.39, 0.29) is 12.5 Å². The maximum atomic E-state index is 12.7. The number of hydrogen-bond donors (Lipinski definition) is 2. The van der Waals surface area contributed by atoms with Crippen LogP contribution in [-0.2, 0) is 14.3 Å². The number of hydrogen-bond acceptors (Lipinski definition) is 4. The quantitative estimate of drug-likeness (QED) is 0.644. The van der Waals surface area contributed by atoms with Crippen LogP contribution in [0.3, 0.4) is 0 Å². The van der Waals surface area contributed by atoms with E-state index in [0.717, 1.165) is 12.8 Å². The van der Waals surface area contributed by atoms with E-state index in [4.69, 9.17) is 20.4 Å². The molecule has 0 radical (unpaired) electrons. The Balaban J connectivity index is 0.000000345. The zero-order valence-corrected chi connectivity index (χ0v) is 14.9. The van der Waals surface area contributed by atoms with Gasteiger partial charge >= 0.3 is 18.3 Å². The van der Waals surface area contributed by atoms with E-state index in [1.807, 2.05) is 0 Å². The van der Waals surface area contributed by atoms with Crippen LogP contribution < -0.4 is 5.73 Å². The minimum Gasteiger partial charge on any atom is -0.475 e. The molecule has 3 N–H and O–H groups in total. The number of fused-ring (bicyclic) bond motifs is 1. The van der Waals surface area contributed by atoms with Gasteiger partial charge in [0.2, 0.25) is 5.91 Å². The molecule has 28 heavy (non-hydrogen) atoms. The zero-order valence-electron chi connectivity index (χ0n) is 14.9. The van der Waals surface area contributed by atoms with Crippen LogP contribution in [0.25, 0.3) is 0 Å². The maximum absolute atomic E-state index is 12.7. The molecule has 0 spiro atoms. The summed E-state index contributed by atoms with van der Waals surface area (Å²) in [5, 5.41) is 7.12. The second kappa shape index (κ2) is 7.69. The van der Waals surface area contributed by atoms with Crippen molar-refractivity contribution in [3.8, 4) is 0 Å². The van der Waals surface area contributed by atoms with Gasteiger partial charge in [0.25, 0.3) is 0 Å². The van der Waals surface area contributed by atoms with Crippen LogP contribution in [0.5, 0.6) is 0 Å². The Morgan fingerprint density at radius 2 is 1.68 bits per heavy atom. The lowest BCUT2D eigenvalue weighted by Crippen LogP contribution is -2.57. The molecular weight excluding hydrogens is 398 g/mol. The van der Waals surface area contributed by atoms with Crippen LogP contribution in [0.2, 0.25) is 0 Å². The van der Waals surface area contributed by atoms with Gasteiger partial charge in [0.15, 0.2) is 0 Å². The molecule has 2 saturated heterocycles. The molecule has 2 heterocycles. The van der Waals surface area contributed by atoms with E-state index >= 15 is 0 Å². The monoisotopic (exact) mass is 420 g/mol. The van der Waals surface area contributed by atoms with E-state index in [1.165, 1.54) is 4.90 Å². The Labute approximate surface area is 157 Å². The summed E-state index contributed by atoms with van der Waals surface area (Å²) in [6.45, 7) is 0.881. The smallest absolute Gasteiger partial charge is 0.475 e. The first-order chi connectivity index (χ1) is 12.7. The highest BCUT2D eigenvalue weighted by Crippen LogP contribution is 2.58. The van der Waals surface area contributed by atoms with E-state index in [1.54, 1.807) is 0 Å². The zero-order chi connectivity index (χ0) is 21.4. The number of aliphatic carboxylic acids is 1. The van der Waals surface area contributed by atoms with Gasteiger partial charge in [-0.25, -0.2) is 4.79 Å². The number of alkyl halides is 6. The highest BCUT2D eigenvalue weighted by atomic mass is 19.4. The molecule has 2 saturated carbocycles. The number of nitrogens with two attached hydrogens (primary N) is 1. The molecule has 0 aromatic carbocycles. The van der Waals surface area contributed by atoms with Gasteiger partial charge in [-0.3, -0.25) is 4.79 Å². The Bertz CT molecular complexity index is 597. The lowest BCUT2D eigenvalue weighted by atomic mass is 9.61. The Morgan fingerprint density at radius 1 is 1.14 bits per heavy atom. The fourth-order valence-electron chi connectivity index (χ4n) is 3.58. The molecule has 162 valence electrons. The molecule has 0 aromatic rings. The first-order valence-electron chi connectivity index (χ1n) is 8.72. The summed E-state index contributed by atoms with van der Waals surface area (Å²) in [7, 11) is 0. The fraction of sp³-hybridized carbons (Fsp3) is 0.875. The Morgan fingerprint density at radius 3 is 2.04 bits per heavy atom. The minimum atomic E-state index is -5.08. The molecule has 0 aromatic heterocycles. The predicted molar refractivity (Wildman–Crippen MR) is 83.1 cm³/mol. The van der Waals surface area contributed by atoms with Crippen LogP contribution in [0, 0.1) is 11.3 Å². The van der Waals surface area contributed by atoms with Gasteiger partial charge < -0.3 is 20.5 Å². The maximum Gasteiger partial charge on any atom is 0.490 e. The molecule has 4 fully saturated rings. The van der Waals surface area contributed by atoms with Gasteiger partial charge in [-0.1, -0.05) is 0 Å². The van der Waals surface area contributed by atoms with E-state index in [9.17, 15) is 31.1 Å². The fourth-order valence-corrected chi connectivity index (χ4v) is 3.58. The number of carboxylic acids is 1. The lowest BCUT2D eigenvalue weighted by molar-refractivity contribution is -0.192. The van der Waals surface area contributed by atoms with Crippen molar-refractivity contribution in [3.05, 3.63) is 0 Å². The summed E-state index contributed by atoms with van der Waals surface area (Å²) in [6.07, 6.45) is -7.12. The SMILES string of the molecule is NCC12CC(C(=O)N(CCC(F)(F)F)CC3CC3)(CO1)C2.O=C(O)C(F)(F)F. The van der Waals surface area contributed by atoms with Crippen molar-refractivity contribution in [2.45, 2.75) is 50.1 Å². The second-order valence-electron chi connectivity index (χ2n) is 7.67. The summed E-state index contributed by atoms with van der Waals surface area (Å²) in [5.41, 5.74) is 4.64. The summed E-state index contributed by atoms with van der Waals surface area (Å²) in [6, 6.07) is 0. The lowest BCUT2D eigenvalue weighted by Gasteiger charge is -2.45. The second-order valence-corrected chi connectivity index (χ2v) is 7.67. The van der Waals surface area contributed by atoms with Gasteiger partial charge in [-0.05, 0) is 31.6 Å². The number of amides is 1. The first kappa shape index (κ1) is 22.7. The van der Waals surface area contributed by atoms with E-state index < -0.39 is 35.8 Å². The molecule has 2 aliphatic carbocycles. The number of carbonyl (C=O) groups is 2. The molecule has 4 rings (SSSR count). The van der Waals surface area contributed by atoms with Crippen molar-refractivity contribution in [2.24, 2.45) is 17.1 Å². The number of nitrogens with zero attached hydrogens (tertiary/aromatic N) is 1. The van der Waals surface area contributed by atoms with Crippen molar-refractivity contribution in [3.63, 3.8) is 0 Å². The molecule has 2 aliphatic heterocycles. The van der Waals surface area contributed by atoms with Crippen molar-refractivity contribution in [2.75, 3.05) is 26.2 Å². The van der Waals surface area contributed by atoms with Crippen molar-refractivity contribution >= 4 is 11.9 Å². The number of rotatable bonds is 6. The van der Waals surface area contributed by atoms with Gasteiger partial charge in [0, 0.05) is 19.6 Å². The average molecular weight is 420 g/mol. The van der Waals surface area contributed by atoms with Crippen molar-refractivity contribution in [1.82, 2.24) is 4.90 Å². The molecule has 4 aliphatic rings. The Hall–Kier alpha value is -1.56. The Kier molecular flexibility index (Phi) is 6.25. The number of halogens is 6. The van der Waals surface area contributed by atoms with E-state index in [0.29, 0.717) is 38.5 Å². The molecule has 0 unspecified atom stereocenters. The topological polar surface area (TPSA) is 92.9 Å². The predicted octanol–water partition coefficient (Wildman–Crippen LogP) is 2.32. The van der Waals surface area contributed by atoms with Crippen molar-refractivity contribution in [1.29, 1.82) is 0 Å². The number of carbonyl (C=O) groups excluding carboxylic acids is 1. The molecule has 2 bridgehead atoms. The summed E-state index contributed by atoms with van der Waals surface area (Å²) in [5.74, 6) is -2.55. The van der Waals surface area contributed by atoms with Gasteiger partial charge in [0.1, 0.15) is 0 Å². The molecule has 0 atom stereocenters. The van der Waals surface area contributed by atoms with Crippen LogP contribution in [0.1, 0.15) is 32.1 Å². The third-order valence-electron chi connectivity index (χ3n) is 5.17. The summed E-state index contributed by atoms with van der Waals surface area (Å²) < 4.78 is 74.7. The highest BCUT2D eigenvalue weighted by molar-refractivity contribution is 5.85. The third kappa shape index (κ3) is 5.49. The van der Waals surface area contributed by atoms with Gasteiger partial charge in [-0.15, -0.1) is 0 Å². The van der Waals surface area contributed by atoms with E-state index in [2.05, 4.69) is 0 Å². The molecule has 1 amide bonds. The number of ether oxygens (including phenoxy) is 1. The molecule has 12 heteroatoms. The van der Waals surface area contributed by atoms with Crippen LogP contribution in [-0.4, -0.2) is 66.1 Å². The molecule has 6 nitrogen and oxygen atoms in total. The molecular formula is C16H22F6N2O4. The van der Waals surface area contributed by atoms with Crippen LogP contribution >= 0.6 is 0 Å². The van der Waals surface area contributed by atoms with Crippen LogP contribution in [0.15, 0.2) is 0 Å². The standard InChI is InChI=1S/C14H21F3N2O2.C2HF3O2/c15-14(16,17)3-4-19(5-10-1-2-10)11(20)12-6-13(7-12,8-18)21-9-12;3-2(4,5)1(6)7/h10H,1-9,18H2;(H,6,7). The summed E-state index contributed by atoms with van der Waals surface area (Å²) in [4.78, 5) is 23.0. The largest absolute Gasteiger partial charge is 0.490 e. The highest BCUT2D eigenvalue weighted by Gasteiger charge is 2.66. The third-order valence-corrected chi connectivity index (χ3v) is 5.17. The minimum absolute atomic E-state index is 0.166. The normalized spacial score (nSPS) is 28.8. The number of carboxylic acid groups (broad SMARTS) is 1. The van der Waals surface area contributed by atoms with Gasteiger partial charge in [-0.2, -0.15) is 26.3 Å². The average Bonchev–Trinajstić information content (AvgIpc) is 3.16.